The Morgan fingerprint density at radius 1 is 1.44 bits per heavy atom. The molecular formula is C13H11BrO2. The molecule has 82 valence electrons. The number of halogens is 1. The quantitative estimate of drug-likeness (QED) is 0.472. The Balaban J connectivity index is 2.55. The van der Waals surface area contributed by atoms with Crippen molar-refractivity contribution in [3.8, 4) is 11.8 Å². The Morgan fingerprint density at radius 3 is 2.75 bits per heavy atom. The smallest absolute Gasteiger partial charge is 0.331 e. The number of hydrogen-bond donors (Lipinski definition) is 0. The number of benzene rings is 1. The molecule has 0 saturated carbocycles. The zero-order valence-corrected chi connectivity index (χ0v) is 10.5. The highest BCUT2D eigenvalue weighted by Gasteiger charge is 1.90. The molecule has 3 heteroatoms. The summed E-state index contributed by atoms with van der Waals surface area (Å²) in [4.78, 5) is 10.9. The van der Waals surface area contributed by atoms with E-state index in [-0.39, 0.29) is 5.97 Å². The van der Waals surface area contributed by atoms with Gasteiger partial charge in [-0.3, -0.25) is 0 Å². The normalized spacial score (nSPS) is 9.62. The molecule has 0 aliphatic rings. The predicted octanol–water partition coefficient (Wildman–Crippen LogP) is 2.92. The number of rotatable bonds is 2. The molecule has 2 nitrogen and oxygen atoms in total. The first-order valence-electron chi connectivity index (χ1n) is 4.83. The fourth-order valence-corrected chi connectivity index (χ4v) is 1.22. The van der Waals surface area contributed by atoms with Crippen LogP contribution < -0.4 is 0 Å². The van der Waals surface area contributed by atoms with Crippen LogP contribution in [0.4, 0.5) is 0 Å². The Kier molecular flexibility index (Phi) is 5.38. The van der Waals surface area contributed by atoms with Crippen molar-refractivity contribution in [3.05, 3.63) is 46.5 Å². The standard InChI is InChI=1S/C13H11BrO2/c1-2-16-13(15)6-4-3-5-11-7-9-12(14)10-8-11/h4,6-10H,2H2,1H3/b6-4+. The van der Waals surface area contributed by atoms with Gasteiger partial charge >= 0.3 is 5.97 Å². The van der Waals surface area contributed by atoms with Crippen molar-refractivity contribution in [3.63, 3.8) is 0 Å². The highest BCUT2D eigenvalue weighted by Crippen LogP contribution is 2.09. The summed E-state index contributed by atoms with van der Waals surface area (Å²) in [5.74, 6) is 5.30. The molecule has 1 rings (SSSR count). The number of carbonyl (C=O) groups is 1. The van der Waals surface area contributed by atoms with E-state index in [2.05, 4.69) is 27.8 Å². The van der Waals surface area contributed by atoms with Gasteiger partial charge in [-0.05, 0) is 37.3 Å². The third-order valence-electron chi connectivity index (χ3n) is 1.65. The van der Waals surface area contributed by atoms with Crippen molar-refractivity contribution in [2.45, 2.75) is 6.92 Å². The lowest BCUT2D eigenvalue weighted by Crippen LogP contribution is -1.98. The summed E-state index contributed by atoms with van der Waals surface area (Å²) in [6.45, 7) is 2.14. The fourth-order valence-electron chi connectivity index (χ4n) is 0.958. The van der Waals surface area contributed by atoms with Crippen molar-refractivity contribution in [2.24, 2.45) is 0 Å². The minimum absolute atomic E-state index is 0.368. The molecule has 0 aliphatic heterocycles. The van der Waals surface area contributed by atoms with Crippen LogP contribution in [-0.4, -0.2) is 12.6 Å². The Hall–Kier alpha value is -1.53. The lowest BCUT2D eigenvalue weighted by atomic mass is 10.2. The van der Waals surface area contributed by atoms with Crippen LogP contribution in [0.5, 0.6) is 0 Å². The number of hydrogen-bond acceptors (Lipinski definition) is 2. The number of carbonyl (C=O) groups excluding carboxylic acids is 1. The van der Waals surface area contributed by atoms with E-state index in [1.165, 1.54) is 12.2 Å². The Bertz CT molecular complexity index is 435. The van der Waals surface area contributed by atoms with E-state index in [9.17, 15) is 4.79 Å². The van der Waals surface area contributed by atoms with Gasteiger partial charge in [-0.2, -0.15) is 0 Å². The van der Waals surface area contributed by atoms with Gasteiger partial charge in [0.2, 0.25) is 0 Å². The molecule has 0 aliphatic carbocycles. The van der Waals surface area contributed by atoms with E-state index in [4.69, 9.17) is 4.74 Å². The second kappa shape index (κ2) is 6.86. The summed E-state index contributed by atoms with van der Waals surface area (Å²) in [7, 11) is 0. The van der Waals surface area contributed by atoms with Crippen LogP contribution >= 0.6 is 15.9 Å². The second-order valence-corrected chi connectivity index (χ2v) is 3.78. The van der Waals surface area contributed by atoms with Gasteiger partial charge in [0.25, 0.3) is 0 Å². The van der Waals surface area contributed by atoms with Gasteiger partial charge in [-0.15, -0.1) is 0 Å². The maximum absolute atomic E-state index is 10.9. The van der Waals surface area contributed by atoms with Crippen LogP contribution in [0, 0.1) is 11.8 Å². The highest BCUT2D eigenvalue weighted by molar-refractivity contribution is 9.10. The maximum Gasteiger partial charge on any atom is 0.331 e. The van der Waals surface area contributed by atoms with E-state index in [1.54, 1.807) is 6.92 Å². The van der Waals surface area contributed by atoms with Crippen LogP contribution in [0.25, 0.3) is 0 Å². The summed E-state index contributed by atoms with van der Waals surface area (Å²) >= 11 is 3.34. The highest BCUT2D eigenvalue weighted by atomic mass is 79.9. The van der Waals surface area contributed by atoms with Crippen LogP contribution in [0.1, 0.15) is 12.5 Å². The Labute approximate surface area is 103 Å². The molecule has 0 N–H and O–H groups in total. The first-order chi connectivity index (χ1) is 7.72. The van der Waals surface area contributed by atoms with Crippen LogP contribution in [0.15, 0.2) is 40.9 Å². The van der Waals surface area contributed by atoms with Gasteiger partial charge in [0, 0.05) is 16.1 Å². The molecule has 1 aromatic rings. The van der Waals surface area contributed by atoms with Crippen molar-refractivity contribution >= 4 is 21.9 Å². The molecule has 0 bridgehead atoms. The zero-order chi connectivity index (χ0) is 11.8. The van der Waals surface area contributed by atoms with E-state index in [0.717, 1.165) is 10.0 Å². The van der Waals surface area contributed by atoms with Gasteiger partial charge in [-0.25, -0.2) is 4.79 Å². The summed E-state index contributed by atoms with van der Waals surface area (Å²) in [5.41, 5.74) is 0.900. The van der Waals surface area contributed by atoms with Crippen molar-refractivity contribution < 1.29 is 9.53 Å². The van der Waals surface area contributed by atoms with Crippen LogP contribution in [-0.2, 0) is 9.53 Å². The fraction of sp³-hybridized carbons (Fsp3) is 0.154. The van der Waals surface area contributed by atoms with Gasteiger partial charge in [0.15, 0.2) is 0 Å². The number of esters is 1. The molecule has 0 amide bonds. The second-order valence-electron chi connectivity index (χ2n) is 2.86. The Morgan fingerprint density at radius 2 is 2.12 bits per heavy atom. The molecule has 1 aromatic carbocycles. The number of ether oxygens (including phenoxy) is 1. The molecule has 0 atom stereocenters. The molecular weight excluding hydrogens is 268 g/mol. The van der Waals surface area contributed by atoms with Crippen molar-refractivity contribution in [1.29, 1.82) is 0 Å². The maximum atomic E-state index is 10.9. The average Bonchev–Trinajstić information content (AvgIpc) is 2.27. The summed E-state index contributed by atoms with van der Waals surface area (Å²) in [6.07, 6.45) is 2.80. The van der Waals surface area contributed by atoms with E-state index < -0.39 is 0 Å². The molecule has 0 fully saturated rings. The third kappa shape index (κ3) is 4.81. The van der Waals surface area contributed by atoms with E-state index >= 15 is 0 Å². The van der Waals surface area contributed by atoms with Gasteiger partial charge in [0.1, 0.15) is 0 Å². The minimum Gasteiger partial charge on any atom is -0.463 e. The molecule has 0 spiro atoms. The first-order valence-corrected chi connectivity index (χ1v) is 5.62. The van der Waals surface area contributed by atoms with Gasteiger partial charge in [-0.1, -0.05) is 27.8 Å². The molecule has 0 unspecified atom stereocenters. The first kappa shape index (κ1) is 12.5. The summed E-state index contributed by atoms with van der Waals surface area (Å²) in [6, 6.07) is 7.63. The van der Waals surface area contributed by atoms with E-state index in [1.807, 2.05) is 24.3 Å². The van der Waals surface area contributed by atoms with Gasteiger partial charge < -0.3 is 4.74 Å². The van der Waals surface area contributed by atoms with Crippen molar-refractivity contribution in [2.75, 3.05) is 6.61 Å². The average molecular weight is 279 g/mol. The largest absolute Gasteiger partial charge is 0.463 e. The third-order valence-corrected chi connectivity index (χ3v) is 2.18. The lowest BCUT2D eigenvalue weighted by molar-refractivity contribution is -0.137. The van der Waals surface area contributed by atoms with Crippen LogP contribution in [0.2, 0.25) is 0 Å². The molecule has 16 heavy (non-hydrogen) atoms. The summed E-state index contributed by atoms with van der Waals surface area (Å²) in [5, 5.41) is 0. The van der Waals surface area contributed by atoms with Crippen LogP contribution in [0.3, 0.4) is 0 Å². The predicted molar refractivity (Wildman–Crippen MR) is 66.8 cm³/mol. The molecule has 0 aromatic heterocycles. The summed E-state index contributed by atoms with van der Waals surface area (Å²) < 4.78 is 5.72. The zero-order valence-electron chi connectivity index (χ0n) is 8.87. The minimum atomic E-state index is -0.368. The van der Waals surface area contributed by atoms with Crippen molar-refractivity contribution in [1.82, 2.24) is 0 Å². The SMILES string of the molecule is CCOC(=O)/C=C/C#Cc1ccc(Br)cc1. The number of allylic oxidation sites excluding steroid dienone is 1. The van der Waals surface area contributed by atoms with E-state index in [0.29, 0.717) is 6.61 Å². The molecule has 0 saturated heterocycles. The lowest BCUT2D eigenvalue weighted by Gasteiger charge is -1.92. The van der Waals surface area contributed by atoms with Gasteiger partial charge in [0.05, 0.1) is 6.61 Å². The molecule has 0 heterocycles. The topological polar surface area (TPSA) is 26.3 Å². The monoisotopic (exact) mass is 278 g/mol. The molecule has 0 radical (unpaired) electrons.